The molecule has 2 heteroatoms. The van der Waals surface area contributed by atoms with Crippen LogP contribution in [0.15, 0.2) is 12.2 Å². The summed E-state index contributed by atoms with van der Waals surface area (Å²) in [6.45, 7) is 7.92. The first-order valence-electron chi connectivity index (χ1n) is 10.5. The van der Waals surface area contributed by atoms with Gasteiger partial charge in [0.05, 0.1) is 0 Å². The molecule has 2 nitrogen and oxygen atoms in total. The number of nitrogens with zero attached hydrogens (tertiary/aromatic N) is 1. The summed E-state index contributed by atoms with van der Waals surface area (Å²) in [7, 11) is 1.96. The molecule has 0 saturated heterocycles. The number of carbonyl (C=O) groups is 1. The molecule has 2 saturated carbocycles. The molecule has 0 N–H and O–H groups in total. The maximum atomic E-state index is 12.1. The normalized spacial score (nSPS) is 30.8. The Morgan fingerprint density at radius 1 is 0.958 bits per heavy atom. The first-order valence-corrected chi connectivity index (χ1v) is 10.5. The van der Waals surface area contributed by atoms with Gasteiger partial charge in [-0.25, -0.2) is 0 Å². The van der Waals surface area contributed by atoms with E-state index < -0.39 is 0 Å². The molecule has 0 aliphatic heterocycles. The Hall–Kier alpha value is -0.790. The fourth-order valence-corrected chi connectivity index (χ4v) is 5.06. The topological polar surface area (TPSA) is 20.3 Å². The van der Waals surface area contributed by atoms with Gasteiger partial charge in [0.25, 0.3) is 0 Å². The van der Waals surface area contributed by atoms with Gasteiger partial charge in [-0.15, -0.1) is 0 Å². The first-order chi connectivity index (χ1) is 11.5. The lowest BCUT2D eigenvalue weighted by molar-refractivity contribution is -0.128. The molecule has 138 valence electrons. The number of hydrogen-bond acceptors (Lipinski definition) is 1. The highest BCUT2D eigenvalue weighted by atomic mass is 16.2. The average molecular weight is 334 g/mol. The van der Waals surface area contributed by atoms with Crippen molar-refractivity contribution in [2.24, 2.45) is 17.8 Å². The number of rotatable bonds is 7. The summed E-state index contributed by atoms with van der Waals surface area (Å²) >= 11 is 0. The van der Waals surface area contributed by atoms with E-state index in [-0.39, 0.29) is 5.91 Å². The van der Waals surface area contributed by atoms with Crippen LogP contribution in [0.25, 0.3) is 0 Å². The molecule has 0 unspecified atom stereocenters. The van der Waals surface area contributed by atoms with Crippen molar-refractivity contribution < 1.29 is 4.79 Å². The van der Waals surface area contributed by atoms with Gasteiger partial charge < -0.3 is 4.90 Å². The molecule has 0 atom stereocenters. The van der Waals surface area contributed by atoms with E-state index in [0.29, 0.717) is 11.6 Å². The van der Waals surface area contributed by atoms with Gasteiger partial charge >= 0.3 is 0 Å². The predicted molar refractivity (Wildman–Crippen MR) is 103 cm³/mol. The SMILES string of the molecule is C=C(C)C(=O)N(C)C1CCC(C2CCC(CCCCC)CC2)CC1. The van der Waals surface area contributed by atoms with Crippen LogP contribution in [0.1, 0.15) is 90.9 Å². The summed E-state index contributed by atoms with van der Waals surface area (Å²) in [6, 6.07) is 0.441. The Kier molecular flexibility index (Phi) is 7.84. The number of amides is 1. The highest BCUT2D eigenvalue weighted by Crippen LogP contribution is 2.41. The van der Waals surface area contributed by atoms with Gasteiger partial charge in [0, 0.05) is 18.7 Å². The van der Waals surface area contributed by atoms with Crippen LogP contribution in [-0.2, 0) is 4.79 Å². The second-order valence-corrected chi connectivity index (χ2v) is 8.54. The zero-order chi connectivity index (χ0) is 17.5. The van der Waals surface area contributed by atoms with E-state index in [9.17, 15) is 4.79 Å². The van der Waals surface area contributed by atoms with Gasteiger partial charge in [-0.3, -0.25) is 4.79 Å². The molecule has 0 bridgehead atoms. The van der Waals surface area contributed by atoms with Crippen LogP contribution >= 0.6 is 0 Å². The van der Waals surface area contributed by atoms with Crippen molar-refractivity contribution in [3.8, 4) is 0 Å². The third-order valence-corrected chi connectivity index (χ3v) is 6.75. The lowest BCUT2D eigenvalue weighted by Crippen LogP contribution is -2.40. The van der Waals surface area contributed by atoms with E-state index in [2.05, 4.69) is 13.5 Å². The largest absolute Gasteiger partial charge is 0.339 e. The van der Waals surface area contributed by atoms with Crippen molar-refractivity contribution in [3.63, 3.8) is 0 Å². The molecule has 0 aromatic heterocycles. The van der Waals surface area contributed by atoms with Crippen molar-refractivity contribution in [1.82, 2.24) is 4.90 Å². The molecule has 0 heterocycles. The van der Waals surface area contributed by atoms with Crippen molar-refractivity contribution in [3.05, 3.63) is 12.2 Å². The van der Waals surface area contributed by atoms with Gasteiger partial charge in [0.15, 0.2) is 0 Å². The third kappa shape index (κ3) is 5.36. The average Bonchev–Trinajstić information content (AvgIpc) is 2.61. The van der Waals surface area contributed by atoms with E-state index in [0.717, 1.165) is 17.8 Å². The molecule has 2 aliphatic carbocycles. The minimum atomic E-state index is 0.131. The summed E-state index contributed by atoms with van der Waals surface area (Å²) in [4.78, 5) is 14.0. The monoisotopic (exact) mass is 333 g/mol. The molecular weight excluding hydrogens is 294 g/mol. The van der Waals surface area contributed by atoms with Gasteiger partial charge in [-0.1, -0.05) is 52.0 Å². The van der Waals surface area contributed by atoms with Crippen LogP contribution in [0.2, 0.25) is 0 Å². The van der Waals surface area contributed by atoms with Crippen LogP contribution in [0.4, 0.5) is 0 Å². The van der Waals surface area contributed by atoms with E-state index in [1.807, 2.05) is 18.9 Å². The highest BCUT2D eigenvalue weighted by Gasteiger charge is 2.32. The van der Waals surface area contributed by atoms with Crippen LogP contribution in [0.3, 0.4) is 0 Å². The van der Waals surface area contributed by atoms with Gasteiger partial charge in [0.1, 0.15) is 0 Å². The van der Waals surface area contributed by atoms with Crippen LogP contribution < -0.4 is 0 Å². The third-order valence-electron chi connectivity index (χ3n) is 6.75. The Labute approximate surface area is 150 Å². The second kappa shape index (κ2) is 9.63. The van der Waals surface area contributed by atoms with E-state index >= 15 is 0 Å². The minimum Gasteiger partial charge on any atom is -0.339 e. The van der Waals surface area contributed by atoms with E-state index in [1.54, 1.807) is 0 Å². The molecule has 0 spiro atoms. The molecule has 1 amide bonds. The van der Waals surface area contributed by atoms with Gasteiger partial charge in [-0.05, 0) is 63.2 Å². The standard InChI is InChI=1S/C22H39NO/c1-5-6-7-8-18-9-11-19(12-10-18)20-13-15-21(16-14-20)23(4)22(24)17(2)3/h18-21H,2,5-16H2,1,3-4H3. The highest BCUT2D eigenvalue weighted by molar-refractivity contribution is 5.92. The summed E-state index contributed by atoms with van der Waals surface area (Å²) in [5, 5.41) is 0. The van der Waals surface area contributed by atoms with Crippen LogP contribution in [-0.4, -0.2) is 23.9 Å². The Balaban J connectivity index is 1.70. The maximum absolute atomic E-state index is 12.1. The zero-order valence-corrected chi connectivity index (χ0v) is 16.4. The first kappa shape index (κ1) is 19.5. The van der Waals surface area contributed by atoms with Crippen molar-refractivity contribution in [2.75, 3.05) is 7.05 Å². The summed E-state index contributed by atoms with van der Waals surface area (Å²) in [6.07, 6.45) is 16.6. The molecule has 2 fully saturated rings. The van der Waals surface area contributed by atoms with Gasteiger partial charge in [0.2, 0.25) is 5.91 Å². The number of hydrogen-bond donors (Lipinski definition) is 0. The lowest BCUT2D eigenvalue weighted by Gasteiger charge is -2.40. The van der Waals surface area contributed by atoms with E-state index in [4.69, 9.17) is 0 Å². The maximum Gasteiger partial charge on any atom is 0.248 e. The van der Waals surface area contributed by atoms with Gasteiger partial charge in [-0.2, -0.15) is 0 Å². The zero-order valence-electron chi connectivity index (χ0n) is 16.4. The fourth-order valence-electron chi connectivity index (χ4n) is 5.06. The molecule has 2 aliphatic rings. The predicted octanol–water partition coefficient (Wildman–Crippen LogP) is 5.97. The number of carbonyl (C=O) groups excluding carboxylic acids is 1. The van der Waals surface area contributed by atoms with Crippen LogP contribution in [0, 0.1) is 17.8 Å². The smallest absolute Gasteiger partial charge is 0.248 e. The van der Waals surface area contributed by atoms with Crippen molar-refractivity contribution >= 4 is 5.91 Å². The minimum absolute atomic E-state index is 0.131. The number of unbranched alkanes of at least 4 members (excludes halogenated alkanes) is 2. The fraction of sp³-hybridized carbons (Fsp3) is 0.864. The number of likely N-dealkylation sites (N-methyl/N-ethyl adjacent to an activating group) is 1. The summed E-state index contributed by atoms with van der Waals surface area (Å²) < 4.78 is 0. The van der Waals surface area contributed by atoms with E-state index in [1.165, 1.54) is 77.0 Å². The Bertz CT molecular complexity index is 400. The molecule has 24 heavy (non-hydrogen) atoms. The van der Waals surface area contributed by atoms with Crippen LogP contribution in [0.5, 0.6) is 0 Å². The summed E-state index contributed by atoms with van der Waals surface area (Å²) in [5.74, 6) is 3.04. The molecule has 0 radical (unpaired) electrons. The van der Waals surface area contributed by atoms with Crippen molar-refractivity contribution in [2.45, 2.75) is 96.9 Å². The Morgan fingerprint density at radius 3 is 2.00 bits per heavy atom. The summed E-state index contributed by atoms with van der Waals surface area (Å²) in [5.41, 5.74) is 0.668. The lowest BCUT2D eigenvalue weighted by atomic mass is 9.69. The Morgan fingerprint density at radius 2 is 1.50 bits per heavy atom. The molecular formula is C22H39NO. The molecule has 0 aromatic carbocycles. The molecule has 2 rings (SSSR count). The molecule has 0 aromatic rings. The second-order valence-electron chi connectivity index (χ2n) is 8.54. The quantitative estimate of drug-likeness (QED) is 0.415. The van der Waals surface area contributed by atoms with Crippen molar-refractivity contribution in [1.29, 1.82) is 0 Å².